The Bertz CT molecular complexity index is 881. The van der Waals surface area contributed by atoms with Crippen LogP contribution in [0.5, 0.6) is 0 Å². The molecule has 2 aromatic rings. The van der Waals surface area contributed by atoms with Crippen LogP contribution in [0.4, 0.5) is 5.69 Å². The van der Waals surface area contributed by atoms with Gasteiger partial charge < -0.3 is 10.0 Å². The van der Waals surface area contributed by atoms with E-state index < -0.39 is 0 Å². The van der Waals surface area contributed by atoms with Gasteiger partial charge in [0.15, 0.2) is 0 Å². The highest BCUT2D eigenvalue weighted by atomic mass is 16.3. The highest BCUT2D eigenvalue weighted by Crippen LogP contribution is 2.36. The maximum Gasteiger partial charge on any atom is 0.261 e. The number of piperazine rings is 1. The van der Waals surface area contributed by atoms with E-state index >= 15 is 0 Å². The summed E-state index contributed by atoms with van der Waals surface area (Å²) in [6.45, 7) is 6.93. The number of aliphatic hydroxyl groups is 1. The van der Waals surface area contributed by atoms with Crippen molar-refractivity contribution in [1.82, 2.24) is 9.80 Å². The molecule has 2 amide bonds. The number of anilines is 1. The van der Waals surface area contributed by atoms with Crippen molar-refractivity contribution in [2.45, 2.75) is 19.8 Å². The van der Waals surface area contributed by atoms with E-state index in [2.05, 4.69) is 16.7 Å². The summed E-state index contributed by atoms with van der Waals surface area (Å²) in [5.41, 5.74) is 2.33. The third kappa shape index (κ3) is 3.16. The fourth-order valence-corrected chi connectivity index (χ4v) is 4.28. The Kier molecular flexibility index (Phi) is 5.33. The molecule has 1 saturated heterocycles. The highest BCUT2D eigenvalue weighted by molar-refractivity contribution is 6.26. The fraction of sp³-hybridized carbons (Fsp3) is 0.455. The molecule has 4 rings (SSSR count). The summed E-state index contributed by atoms with van der Waals surface area (Å²) < 4.78 is 0. The molecule has 2 aliphatic heterocycles. The second-order valence-corrected chi connectivity index (χ2v) is 7.53. The number of carbonyl (C=O) groups excluding carboxylic acids is 2. The smallest absolute Gasteiger partial charge is 0.261 e. The summed E-state index contributed by atoms with van der Waals surface area (Å²) in [6, 6.07) is 9.67. The van der Waals surface area contributed by atoms with Crippen molar-refractivity contribution in [2.24, 2.45) is 0 Å². The summed E-state index contributed by atoms with van der Waals surface area (Å²) in [4.78, 5) is 31.9. The summed E-state index contributed by atoms with van der Waals surface area (Å²) in [5.74, 6) is -0.358. The molecular weight excluding hydrogens is 354 g/mol. The molecule has 2 aliphatic rings. The Morgan fingerprint density at radius 1 is 0.929 bits per heavy atom. The first-order chi connectivity index (χ1) is 13.7. The number of hydrogen-bond donors (Lipinski definition) is 1. The number of unbranched alkanes of at least 4 members (excludes halogenated alkanes) is 1. The van der Waals surface area contributed by atoms with Crippen LogP contribution in [0, 0.1) is 0 Å². The predicted molar refractivity (Wildman–Crippen MR) is 110 cm³/mol. The first-order valence-corrected chi connectivity index (χ1v) is 10.2. The number of carbonyl (C=O) groups is 2. The third-order valence-corrected chi connectivity index (χ3v) is 5.83. The largest absolute Gasteiger partial charge is 0.395 e. The molecule has 0 bridgehead atoms. The average Bonchev–Trinajstić information content (AvgIpc) is 2.72. The second-order valence-electron chi connectivity index (χ2n) is 7.53. The van der Waals surface area contributed by atoms with Gasteiger partial charge in [-0.15, -0.1) is 0 Å². The normalized spacial score (nSPS) is 17.6. The minimum absolute atomic E-state index is 0.179. The van der Waals surface area contributed by atoms with Gasteiger partial charge in [-0.3, -0.25) is 19.4 Å². The number of aliphatic hydroxyl groups excluding tert-OH is 1. The van der Waals surface area contributed by atoms with Crippen LogP contribution in [0.3, 0.4) is 0 Å². The van der Waals surface area contributed by atoms with Crippen molar-refractivity contribution < 1.29 is 14.7 Å². The number of nitrogens with zero attached hydrogens (tertiary/aromatic N) is 3. The Morgan fingerprint density at radius 2 is 1.64 bits per heavy atom. The topological polar surface area (TPSA) is 64.1 Å². The average molecular weight is 381 g/mol. The molecule has 2 heterocycles. The summed E-state index contributed by atoms with van der Waals surface area (Å²) in [6.07, 6.45) is 1.76. The maximum absolute atomic E-state index is 13.0. The summed E-state index contributed by atoms with van der Waals surface area (Å²) in [5, 5.41) is 10.9. The van der Waals surface area contributed by atoms with Crippen molar-refractivity contribution in [3.63, 3.8) is 0 Å². The van der Waals surface area contributed by atoms with Crippen LogP contribution in [-0.4, -0.2) is 72.6 Å². The van der Waals surface area contributed by atoms with Gasteiger partial charge >= 0.3 is 0 Å². The van der Waals surface area contributed by atoms with Gasteiger partial charge in [0.1, 0.15) is 0 Å². The van der Waals surface area contributed by atoms with Crippen molar-refractivity contribution in [2.75, 3.05) is 50.8 Å². The predicted octanol–water partition coefficient (Wildman–Crippen LogP) is 2.35. The molecule has 0 spiro atoms. The molecule has 0 atom stereocenters. The molecule has 1 fully saturated rings. The van der Waals surface area contributed by atoms with Gasteiger partial charge in [-0.25, -0.2) is 0 Å². The van der Waals surface area contributed by atoms with Crippen molar-refractivity contribution in [1.29, 1.82) is 0 Å². The van der Waals surface area contributed by atoms with Gasteiger partial charge in [0, 0.05) is 66.9 Å². The van der Waals surface area contributed by atoms with Gasteiger partial charge in [-0.1, -0.05) is 25.5 Å². The SMILES string of the molecule is CCCCN1C(=O)c2cccc3c(N4CCN(CCO)CC4)ccc(c23)C1=O. The van der Waals surface area contributed by atoms with Gasteiger partial charge in [-0.2, -0.15) is 0 Å². The number of amides is 2. The molecule has 28 heavy (non-hydrogen) atoms. The van der Waals surface area contributed by atoms with E-state index in [-0.39, 0.29) is 18.4 Å². The van der Waals surface area contributed by atoms with E-state index in [4.69, 9.17) is 5.11 Å². The molecule has 2 aromatic carbocycles. The monoisotopic (exact) mass is 381 g/mol. The van der Waals surface area contributed by atoms with Crippen LogP contribution in [0.1, 0.15) is 40.5 Å². The number of hydrogen-bond acceptors (Lipinski definition) is 5. The first kappa shape index (κ1) is 18.9. The lowest BCUT2D eigenvalue weighted by molar-refractivity contribution is 0.0608. The van der Waals surface area contributed by atoms with Gasteiger partial charge in [0.05, 0.1) is 6.61 Å². The Labute approximate surface area is 165 Å². The zero-order valence-electron chi connectivity index (χ0n) is 16.4. The lowest BCUT2D eigenvalue weighted by atomic mass is 9.92. The molecule has 0 radical (unpaired) electrons. The maximum atomic E-state index is 13.0. The molecule has 0 unspecified atom stereocenters. The lowest BCUT2D eigenvalue weighted by Crippen LogP contribution is -2.47. The third-order valence-electron chi connectivity index (χ3n) is 5.83. The van der Waals surface area contributed by atoms with Crippen molar-refractivity contribution in [3.8, 4) is 0 Å². The molecule has 0 saturated carbocycles. The molecule has 6 heteroatoms. The van der Waals surface area contributed by atoms with Crippen molar-refractivity contribution >= 4 is 28.3 Å². The zero-order chi connectivity index (χ0) is 19.7. The highest BCUT2D eigenvalue weighted by Gasteiger charge is 2.33. The van der Waals surface area contributed by atoms with Crippen LogP contribution in [0.2, 0.25) is 0 Å². The van der Waals surface area contributed by atoms with Crippen LogP contribution >= 0.6 is 0 Å². The molecule has 6 nitrogen and oxygen atoms in total. The van der Waals surface area contributed by atoms with Crippen LogP contribution in [0.15, 0.2) is 30.3 Å². The Balaban J connectivity index is 1.71. The summed E-state index contributed by atoms with van der Waals surface area (Å²) in [7, 11) is 0. The van der Waals surface area contributed by atoms with Gasteiger partial charge in [0.2, 0.25) is 0 Å². The van der Waals surface area contributed by atoms with Crippen molar-refractivity contribution in [3.05, 3.63) is 41.5 Å². The van der Waals surface area contributed by atoms with E-state index in [1.165, 1.54) is 4.90 Å². The number of imide groups is 1. The van der Waals surface area contributed by atoms with E-state index in [0.29, 0.717) is 24.2 Å². The first-order valence-electron chi connectivity index (χ1n) is 10.2. The minimum Gasteiger partial charge on any atom is -0.395 e. The standard InChI is InChI=1S/C22H27N3O3/c1-2-3-9-25-21(27)17-6-4-5-16-19(8-7-18(20(16)17)22(25)28)24-12-10-23(11-13-24)14-15-26/h4-8,26H,2-3,9-15H2,1H3. The van der Waals surface area contributed by atoms with E-state index in [0.717, 1.165) is 55.5 Å². The molecule has 0 aromatic heterocycles. The fourth-order valence-electron chi connectivity index (χ4n) is 4.28. The quantitative estimate of drug-likeness (QED) is 0.779. The molecule has 1 N–H and O–H groups in total. The van der Waals surface area contributed by atoms with Crippen LogP contribution < -0.4 is 4.90 Å². The van der Waals surface area contributed by atoms with E-state index in [1.54, 1.807) is 0 Å². The number of benzene rings is 2. The second kappa shape index (κ2) is 7.89. The minimum atomic E-state index is -0.179. The Morgan fingerprint density at radius 3 is 2.32 bits per heavy atom. The molecular formula is C22H27N3O3. The molecule has 148 valence electrons. The van der Waals surface area contributed by atoms with E-state index in [9.17, 15) is 9.59 Å². The molecule has 0 aliphatic carbocycles. The number of β-amino-alcohol motifs (C(OH)–C–C–N with tert-alkyl or cyclic N) is 1. The number of rotatable bonds is 6. The lowest BCUT2D eigenvalue weighted by Gasteiger charge is -2.37. The van der Waals surface area contributed by atoms with Crippen LogP contribution in [0.25, 0.3) is 10.8 Å². The zero-order valence-corrected chi connectivity index (χ0v) is 16.4. The summed E-state index contributed by atoms with van der Waals surface area (Å²) >= 11 is 0. The van der Waals surface area contributed by atoms with Gasteiger partial charge in [-0.05, 0) is 24.6 Å². The van der Waals surface area contributed by atoms with E-state index in [1.807, 2.05) is 30.3 Å². The van der Waals surface area contributed by atoms with Gasteiger partial charge in [0.25, 0.3) is 11.8 Å². The van der Waals surface area contributed by atoms with Crippen LogP contribution in [-0.2, 0) is 0 Å². The Hall–Kier alpha value is -2.44.